The monoisotopic (exact) mass is 925 g/mol. The third kappa shape index (κ3) is 7.03. The average Bonchev–Trinajstić information content (AvgIpc) is 3.94. The molecule has 0 unspecified atom stereocenters. The standard InChI is InChI=1S/C66H59N3O2/c1-37(2)50-33-41(39-19-12-11-13-20-39)34-51(38(3)4)61(50)69-55-26-18-25-47(60(55)68-64(69)52-35-42(65(5,6)7)36-53(62(52)70)66(8,9)10)54-31-30-46-44-23-16-17-24-45(44)58-48(59(46)67-54)28-29-49-57-43-22-15-14-21-40(43)27-32-56(57)71-63(49)58/h11-38,70H,1-10H3. The molecule has 0 saturated heterocycles. The Morgan fingerprint density at radius 1 is 0.507 bits per heavy atom. The summed E-state index contributed by atoms with van der Waals surface area (Å²) in [5.74, 6) is 1.30. The van der Waals surface area contributed by atoms with Gasteiger partial charge in [0.1, 0.15) is 22.7 Å². The van der Waals surface area contributed by atoms with Crippen LogP contribution in [0.5, 0.6) is 5.75 Å². The van der Waals surface area contributed by atoms with Crippen LogP contribution >= 0.6 is 0 Å². The zero-order chi connectivity index (χ0) is 49.2. The topological polar surface area (TPSA) is 64.1 Å². The van der Waals surface area contributed by atoms with Crippen LogP contribution in [0.25, 0.3) is 116 Å². The Bertz CT molecular complexity index is 4110. The van der Waals surface area contributed by atoms with Crippen LogP contribution in [-0.4, -0.2) is 19.6 Å². The number of phenols is 1. The first-order valence-corrected chi connectivity index (χ1v) is 25.2. The summed E-state index contributed by atoms with van der Waals surface area (Å²) >= 11 is 0. The molecule has 0 bridgehead atoms. The largest absolute Gasteiger partial charge is 0.507 e. The van der Waals surface area contributed by atoms with Crippen LogP contribution in [0.4, 0.5) is 0 Å². The van der Waals surface area contributed by atoms with Crippen LogP contribution in [0.1, 0.15) is 103 Å². The van der Waals surface area contributed by atoms with E-state index in [2.05, 4.69) is 232 Å². The number of furan rings is 1. The van der Waals surface area contributed by atoms with Crippen molar-refractivity contribution in [3.8, 4) is 45.2 Å². The molecule has 3 aromatic heterocycles. The summed E-state index contributed by atoms with van der Waals surface area (Å²) in [6.45, 7) is 22.4. The molecule has 0 fully saturated rings. The minimum atomic E-state index is -0.338. The highest BCUT2D eigenvalue weighted by Crippen LogP contribution is 2.48. The summed E-state index contributed by atoms with van der Waals surface area (Å²) < 4.78 is 9.26. The van der Waals surface area contributed by atoms with Crippen LogP contribution < -0.4 is 0 Å². The summed E-state index contributed by atoms with van der Waals surface area (Å²) in [6.07, 6.45) is 0. The van der Waals surface area contributed by atoms with Gasteiger partial charge in [0.25, 0.3) is 0 Å². The zero-order valence-electron chi connectivity index (χ0n) is 42.4. The van der Waals surface area contributed by atoms with Crippen LogP contribution in [0.3, 0.4) is 0 Å². The van der Waals surface area contributed by atoms with Crippen molar-refractivity contribution < 1.29 is 9.52 Å². The third-order valence-electron chi connectivity index (χ3n) is 14.9. The number of phenolic OH excluding ortho intramolecular Hbond substituents is 1. The van der Waals surface area contributed by atoms with E-state index in [9.17, 15) is 5.11 Å². The Morgan fingerprint density at radius 2 is 1.17 bits per heavy atom. The number of aromatic nitrogens is 3. The number of nitrogens with zero attached hydrogens (tertiary/aromatic N) is 3. The number of rotatable bonds is 6. The highest BCUT2D eigenvalue weighted by Gasteiger charge is 2.31. The van der Waals surface area contributed by atoms with Crippen LogP contribution in [0, 0.1) is 0 Å². The van der Waals surface area contributed by atoms with Crippen LogP contribution in [0.15, 0.2) is 162 Å². The minimum absolute atomic E-state index is 0.168. The van der Waals surface area contributed by atoms with Gasteiger partial charge >= 0.3 is 0 Å². The maximum Gasteiger partial charge on any atom is 0.149 e. The van der Waals surface area contributed by atoms with Crippen molar-refractivity contribution in [3.63, 3.8) is 0 Å². The van der Waals surface area contributed by atoms with Crippen molar-refractivity contribution >= 4 is 76.2 Å². The quantitative estimate of drug-likeness (QED) is 0.169. The maximum atomic E-state index is 12.7. The Morgan fingerprint density at radius 3 is 1.87 bits per heavy atom. The van der Waals surface area contributed by atoms with Gasteiger partial charge < -0.3 is 9.52 Å². The second-order valence-electron chi connectivity index (χ2n) is 22.3. The molecule has 12 aromatic rings. The summed E-state index contributed by atoms with van der Waals surface area (Å²) in [4.78, 5) is 11.4. The Labute approximate surface area is 415 Å². The van der Waals surface area contributed by atoms with E-state index < -0.39 is 0 Å². The molecule has 0 atom stereocenters. The molecule has 350 valence electrons. The zero-order valence-corrected chi connectivity index (χ0v) is 42.4. The van der Waals surface area contributed by atoms with E-state index in [0.717, 1.165) is 93.5 Å². The molecule has 71 heavy (non-hydrogen) atoms. The molecule has 5 heteroatoms. The SMILES string of the molecule is CC(C)c1cc(-c2ccccc2)cc(C(C)C)c1-n1c(-c2cc(C(C)(C)C)cc(C(C)(C)C)c2O)nc2c(-c3ccc4c5ccccc5c5c(ccc6c5oc5ccc7ccccc7c56)c4n3)cccc21. The van der Waals surface area contributed by atoms with Crippen molar-refractivity contribution in [1.29, 1.82) is 0 Å². The molecular weight excluding hydrogens is 867 g/mol. The van der Waals surface area contributed by atoms with E-state index in [1.807, 2.05) is 0 Å². The maximum absolute atomic E-state index is 12.7. The molecule has 5 nitrogen and oxygen atoms in total. The van der Waals surface area contributed by atoms with E-state index in [1.165, 1.54) is 33.0 Å². The number of hydrogen-bond donors (Lipinski definition) is 1. The Kier molecular flexibility index (Phi) is 10.1. The first kappa shape index (κ1) is 44.4. The van der Waals surface area contributed by atoms with Crippen molar-refractivity contribution in [1.82, 2.24) is 14.5 Å². The van der Waals surface area contributed by atoms with E-state index in [4.69, 9.17) is 14.4 Å². The lowest BCUT2D eigenvalue weighted by Crippen LogP contribution is -2.17. The summed E-state index contributed by atoms with van der Waals surface area (Å²) in [5.41, 5.74) is 14.3. The van der Waals surface area contributed by atoms with Crippen molar-refractivity contribution in [2.75, 3.05) is 0 Å². The molecule has 0 aliphatic rings. The fraction of sp³-hybridized carbons (Fsp3) is 0.212. The van der Waals surface area contributed by atoms with Crippen LogP contribution in [-0.2, 0) is 10.8 Å². The first-order chi connectivity index (χ1) is 34.1. The lowest BCUT2D eigenvalue weighted by molar-refractivity contribution is 0.446. The fourth-order valence-corrected chi connectivity index (χ4v) is 11.2. The average molecular weight is 926 g/mol. The van der Waals surface area contributed by atoms with Gasteiger partial charge in [-0.25, -0.2) is 9.97 Å². The molecule has 3 heterocycles. The highest BCUT2D eigenvalue weighted by atomic mass is 16.3. The number of para-hydroxylation sites is 1. The number of aromatic hydroxyl groups is 1. The number of fused-ring (bicyclic) bond motifs is 13. The lowest BCUT2D eigenvalue weighted by Gasteiger charge is -2.28. The van der Waals surface area contributed by atoms with Gasteiger partial charge in [0, 0.05) is 38.1 Å². The molecule has 1 N–H and O–H groups in total. The molecule has 0 saturated carbocycles. The molecule has 0 spiro atoms. The normalized spacial score (nSPS) is 12.7. The summed E-state index contributed by atoms with van der Waals surface area (Å²) in [6, 6.07) is 56.6. The van der Waals surface area contributed by atoms with E-state index >= 15 is 0 Å². The number of imidazole rings is 1. The molecule has 9 aromatic carbocycles. The predicted molar refractivity (Wildman–Crippen MR) is 300 cm³/mol. The molecule has 0 amide bonds. The Balaban J connectivity index is 1.18. The number of pyridine rings is 1. The molecule has 0 aliphatic heterocycles. The molecular formula is C66H59N3O2. The van der Waals surface area contributed by atoms with Gasteiger partial charge in [0.2, 0.25) is 0 Å². The van der Waals surface area contributed by atoms with Gasteiger partial charge in [-0.1, -0.05) is 178 Å². The van der Waals surface area contributed by atoms with Gasteiger partial charge in [-0.3, -0.25) is 4.57 Å². The highest BCUT2D eigenvalue weighted by molar-refractivity contribution is 6.33. The fourth-order valence-electron chi connectivity index (χ4n) is 11.2. The third-order valence-corrected chi connectivity index (χ3v) is 14.9. The van der Waals surface area contributed by atoms with Crippen LogP contribution in [0.2, 0.25) is 0 Å². The van der Waals surface area contributed by atoms with Gasteiger partial charge in [-0.05, 0) is 121 Å². The first-order valence-electron chi connectivity index (χ1n) is 25.2. The van der Waals surface area contributed by atoms with E-state index in [-0.39, 0.29) is 28.4 Å². The number of benzene rings is 9. The smallest absolute Gasteiger partial charge is 0.149 e. The van der Waals surface area contributed by atoms with Crippen molar-refractivity contribution in [3.05, 3.63) is 180 Å². The van der Waals surface area contributed by atoms with Crippen molar-refractivity contribution in [2.24, 2.45) is 0 Å². The minimum Gasteiger partial charge on any atom is -0.507 e. The molecule has 0 radical (unpaired) electrons. The van der Waals surface area contributed by atoms with Gasteiger partial charge in [-0.15, -0.1) is 0 Å². The second-order valence-corrected chi connectivity index (χ2v) is 22.3. The molecule has 12 rings (SSSR count). The van der Waals surface area contributed by atoms with E-state index in [1.54, 1.807) is 0 Å². The summed E-state index contributed by atoms with van der Waals surface area (Å²) in [5, 5.41) is 22.7. The number of hydrogen-bond acceptors (Lipinski definition) is 4. The van der Waals surface area contributed by atoms with Gasteiger partial charge in [0.15, 0.2) is 0 Å². The van der Waals surface area contributed by atoms with Gasteiger partial charge in [-0.2, -0.15) is 0 Å². The predicted octanol–water partition coefficient (Wildman–Crippen LogP) is 18.5. The second kappa shape index (κ2) is 16.1. The van der Waals surface area contributed by atoms with E-state index in [0.29, 0.717) is 11.4 Å². The lowest BCUT2D eigenvalue weighted by atomic mass is 9.78. The van der Waals surface area contributed by atoms with Crippen molar-refractivity contribution in [2.45, 2.75) is 91.9 Å². The van der Waals surface area contributed by atoms with Gasteiger partial charge in [0.05, 0.1) is 33.5 Å². The summed E-state index contributed by atoms with van der Waals surface area (Å²) in [7, 11) is 0. The Hall–Kier alpha value is -7.76. The molecule has 0 aliphatic carbocycles.